The van der Waals surface area contributed by atoms with Crippen molar-refractivity contribution in [1.82, 2.24) is 5.16 Å². The molecule has 0 aliphatic heterocycles. The lowest BCUT2D eigenvalue weighted by atomic mass is 10.1. The van der Waals surface area contributed by atoms with Crippen molar-refractivity contribution in [2.75, 3.05) is 5.32 Å². The van der Waals surface area contributed by atoms with Crippen molar-refractivity contribution in [2.45, 2.75) is 39.7 Å². The number of aryl methyl sites for hydroxylation is 2. The van der Waals surface area contributed by atoms with Gasteiger partial charge in [0.15, 0.2) is 6.10 Å². The Hall–Kier alpha value is -3.23. The van der Waals surface area contributed by atoms with Crippen LogP contribution in [0.4, 0.5) is 11.4 Å². The van der Waals surface area contributed by atoms with Crippen LogP contribution >= 0.6 is 0 Å². The highest BCUT2D eigenvalue weighted by Gasteiger charge is 2.22. The zero-order valence-electron chi connectivity index (χ0n) is 14.6. The van der Waals surface area contributed by atoms with Crippen molar-refractivity contribution in [3.8, 4) is 0 Å². The number of carbonyl (C=O) groups is 2. The number of benzene rings is 1. The summed E-state index contributed by atoms with van der Waals surface area (Å²) in [7, 11) is 0. The number of nitrogens with zero attached hydrogens (tertiary/aromatic N) is 2. The van der Waals surface area contributed by atoms with Crippen LogP contribution in [-0.2, 0) is 20.7 Å². The van der Waals surface area contributed by atoms with E-state index in [-0.39, 0.29) is 17.8 Å². The molecule has 1 amide bonds. The number of aromatic nitrogens is 1. The Morgan fingerprint density at radius 3 is 2.65 bits per heavy atom. The second-order valence-corrected chi connectivity index (χ2v) is 5.70. The standard InChI is InChI=1S/C17H19N3O6/c1-10-13(11(2)26-19-10)8-9-16(21)25-12(3)17(22)18-14-6-4-5-7-15(14)20(23)24/h4-7,12H,8-9H2,1-3H3,(H,18,22)/t12-/m1/s1. The van der Waals surface area contributed by atoms with Crippen LogP contribution < -0.4 is 5.32 Å². The number of nitro groups is 1. The maximum atomic E-state index is 12.1. The number of esters is 1. The summed E-state index contributed by atoms with van der Waals surface area (Å²) in [5.74, 6) is -0.572. The Bertz CT molecular complexity index is 810. The summed E-state index contributed by atoms with van der Waals surface area (Å²) in [6.07, 6.45) is -0.642. The van der Waals surface area contributed by atoms with Gasteiger partial charge in [-0.15, -0.1) is 0 Å². The molecule has 0 bridgehead atoms. The third-order valence-corrected chi connectivity index (χ3v) is 3.80. The molecule has 0 aliphatic rings. The fourth-order valence-corrected chi connectivity index (χ4v) is 2.37. The molecule has 9 nitrogen and oxygen atoms in total. The van der Waals surface area contributed by atoms with E-state index in [1.807, 2.05) is 0 Å². The number of amides is 1. The molecule has 1 atom stereocenters. The predicted molar refractivity (Wildman–Crippen MR) is 91.6 cm³/mol. The van der Waals surface area contributed by atoms with Gasteiger partial charge in [-0.05, 0) is 33.3 Å². The first-order valence-corrected chi connectivity index (χ1v) is 7.95. The van der Waals surface area contributed by atoms with Gasteiger partial charge in [-0.2, -0.15) is 0 Å². The Morgan fingerprint density at radius 1 is 1.35 bits per heavy atom. The van der Waals surface area contributed by atoms with Gasteiger partial charge in [0, 0.05) is 18.1 Å². The number of nitro benzene ring substituents is 1. The van der Waals surface area contributed by atoms with Crippen molar-refractivity contribution in [1.29, 1.82) is 0 Å². The molecule has 0 radical (unpaired) electrons. The lowest BCUT2D eigenvalue weighted by Crippen LogP contribution is -2.30. The average Bonchev–Trinajstić information content (AvgIpc) is 2.91. The highest BCUT2D eigenvalue weighted by Crippen LogP contribution is 2.23. The molecule has 1 N–H and O–H groups in total. The lowest BCUT2D eigenvalue weighted by molar-refractivity contribution is -0.383. The average molecular weight is 361 g/mol. The first-order valence-electron chi connectivity index (χ1n) is 7.95. The fourth-order valence-electron chi connectivity index (χ4n) is 2.37. The first-order chi connectivity index (χ1) is 12.3. The molecular weight excluding hydrogens is 342 g/mol. The Labute approximate surface area is 149 Å². The molecule has 2 aromatic rings. The van der Waals surface area contributed by atoms with Gasteiger partial charge in [0.25, 0.3) is 11.6 Å². The van der Waals surface area contributed by atoms with E-state index in [2.05, 4.69) is 10.5 Å². The molecule has 1 aromatic heterocycles. The van der Waals surface area contributed by atoms with Crippen LogP contribution in [0.25, 0.3) is 0 Å². The summed E-state index contributed by atoms with van der Waals surface area (Å²) in [4.78, 5) is 34.4. The number of nitrogens with one attached hydrogen (secondary N) is 1. The predicted octanol–water partition coefficient (Wildman–Crippen LogP) is 2.70. The highest BCUT2D eigenvalue weighted by atomic mass is 16.6. The minimum absolute atomic E-state index is 0.0427. The third kappa shape index (κ3) is 4.65. The number of hydrogen-bond acceptors (Lipinski definition) is 7. The maximum Gasteiger partial charge on any atom is 0.306 e. The molecule has 9 heteroatoms. The number of rotatable bonds is 7. The summed E-state index contributed by atoms with van der Waals surface area (Å²) in [5, 5.41) is 17.2. The summed E-state index contributed by atoms with van der Waals surface area (Å²) in [6, 6.07) is 5.73. The van der Waals surface area contributed by atoms with Crippen molar-refractivity contribution in [2.24, 2.45) is 0 Å². The van der Waals surface area contributed by atoms with E-state index in [0.29, 0.717) is 17.9 Å². The summed E-state index contributed by atoms with van der Waals surface area (Å²) in [6.45, 7) is 4.93. The molecule has 2 rings (SSSR count). The van der Waals surface area contributed by atoms with Crippen molar-refractivity contribution in [3.05, 3.63) is 51.4 Å². The van der Waals surface area contributed by atoms with E-state index in [9.17, 15) is 19.7 Å². The molecule has 0 aliphatic carbocycles. The molecule has 1 heterocycles. The SMILES string of the molecule is Cc1noc(C)c1CCC(=O)O[C@H](C)C(=O)Nc1ccccc1[N+](=O)[O-]. The van der Waals surface area contributed by atoms with Gasteiger partial charge in [-0.3, -0.25) is 19.7 Å². The Kier molecular flexibility index (Phi) is 6.05. The van der Waals surface area contributed by atoms with Crippen LogP contribution in [0.5, 0.6) is 0 Å². The van der Waals surface area contributed by atoms with E-state index in [4.69, 9.17) is 9.26 Å². The van der Waals surface area contributed by atoms with E-state index in [0.717, 1.165) is 5.56 Å². The third-order valence-electron chi connectivity index (χ3n) is 3.80. The quantitative estimate of drug-likeness (QED) is 0.456. The summed E-state index contributed by atoms with van der Waals surface area (Å²) < 4.78 is 10.1. The second kappa shape index (κ2) is 8.24. The smallest absolute Gasteiger partial charge is 0.306 e. The molecule has 0 fully saturated rings. The van der Waals surface area contributed by atoms with Crippen molar-refractivity contribution in [3.63, 3.8) is 0 Å². The molecule has 0 saturated heterocycles. The van der Waals surface area contributed by atoms with Crippen LogP contribution in [0.15, 0.2) is 28.8 Å². The van der Waals surface area contributed by atoms with E-state index in [1.54, 1.807) is 19.9 Å². The van der Waals surface area contributed by atoms with E-state index >= 15 is 0 Å². The molecule has 138 valence electrons. The van der Waals surface area contributed by atoms with Gasteiger partial charge >= 0.3 is 5.97 Å². The van der Waals surface area contributed by atoms with Gasteiger partial charge in [-0.1, -0.05) is 17.3 Å². The summed E-state index contributed by atoms with van der Waals surface area (Å²) in [5.41, 5.74) is 1.34. The lowest BCUT2D eigenvalue weighted by Gasteiger charge is -2.13. The van der Waals surface area contributed by atoms with Gasteiger partial charge in [0.05, 0.1) is 10.6 Å². The largest absolute Gasteiger partial charge is 0.453 e. The fraction of sp³-hybridized carbons (Fsp3) is 0.353. The highest BCUT2D eigenvalue weighted by molar-refractivity contribution is 5.96. The zero-order valence-corrected chi connectivity index (χ0v) is 14.6. The number of carbonyl (C=O) groups excluding carboxylic acids is 2. The van der Waals surface area contributed by atoms with Gasteiger partial charge in [0.1, 0.15) is 11.4 Å². The number of ether oxygens (including phenoxy) is 1. The maximum absolute atomic E-state index is 12.1. The minimum Gasteiger partial charge on any atom is -0.453 e. The second-order valence-electron chi connectivity index (χ2n) is 5.70. The van der Waals surface area contributed by atoms with Crippen LogP contribution in [0.3, 0.4) is 0 Å². The number of hydrogen-bond donors (Lipinski definition) is 1. The van der Waals surface area contributed by atoms with Gasteiger partial charge in [0.2, 0.25) is 0 Å². The topological polar surface area (TPSA) is 125 Å². The number of anilines is 1. The first kappa shape index (κ1) is 19.1. The minimum atomic E-state index is -1.09. The molecule has 0 saturated carbocycles. The zero-order chi connectivity index (χ0) is 19.3. The molecular formula is C17H19N3O6. The van der Waals surface area contributed by atoms with Crippen LogP contribution in [-0.4, -0.2) is 28.1 Å². The number of para-hydroxylation sites is 2. The van der Waals surface area contributed by atoms with Crippen molar-refractivity contribution >= 4 is 23.3 Å². The summed E-state index contributed by atoms with van der Waals surface area (Å²) >= 11 is 0. The van der Waals surface area contributed by atoms with E-state index < -0.39 is 22.9 Å². The van der Waals surface area contributed by atoms with Gasteiger partial charge in [-0.25, -0.2) is 0 Å². The molecule has 0 spiro atoms. The Morgan fingerprint density at radius 2 is 2.04 bits per heavy atom. The molecule has 26 heavy (non-hydrogen) atoms. The van der Waals surface area contributed by atoms with Crippen LogP contribution in [0.1, 0.15) is 30.4 Å². The molecule has 1 aromatic carbocycles. The van der Waals surface area contributed by atoms with Crippen LogP contribution in [0.2, 0.25) is 0 Å². The van der Waals surface area contributed by atoms with E-state index in [1.165, 1.54) is 25.1 Å². The van der Waals surface area contributed by atoms with Crippen LogP contribution in [0, 0.1) is 24.0 Å². The normalized spacial score (nSPS) is 11.7. The monoisotopic (exact) mass is 361 g/mol. The molecule has 0 unspecified atom stereocenters. The van der Waals surface area contributed by atoms with Crippen molar-refractivity contribution < 1.29 is 23.8 Å². The van der Waals surface area contributed by atoms with Gasteiger partial charge < -0.3 is 14.6 Å². The Balaban J connectivity index is 1.90.